The summed E-state index contributed by atoms with van der Waals surface area (Å²) in [6.45, 7) is 1.86. The third-order valence-corrected chi connectivity index (χ3v) is 2.61. The number of urea groups is 1. The standard InChI is InChI=1S/C10H20N2O/c1-11-10(13)12-8-6-4-2-3-5-7-9-12/h2-9H2,1H3,(H,11,13). The summed E-state index contributed by atoms with van der Waals surface area (Å²) >= 11 is 0. The van der Waals surface area contributed by atoms with E-state index in [0.717, 1.165) is 25.9 Å². The highest BCUT2D eigenvalue weighted by atomic mass is 16.2. The van der Waals surface area contributed by atoms with Gasteiger partial charge in [-0.2, -0.15) is 0 Å². The summed E-state index contributed by atoms with van der Waals surface area (Å²) in [6, 6.07) is 0.0851. The predicted molar refractivity (Wildman–Crippen MR) is 53.7 cm³/mol. The molecule has 13 heavy (non-hydrogen) atoms. The molecule has 1 aliphatic heterocycles. The Hall–Kier alpha value is -0.730. The minimum atomic E-state index is 0.0851. The Morgan fingerprint density at radius 1 is 1.00 bits per heavy atom. The molecule has 0 aromatic rings. The molecule has 3 nitrogen and oxygen atoms in total. The van der Waals surface area contributed by atoms with Crippen LogP contribution in [0.15, 0.2) is 0 Å². The van der Waals surface area contributed by atoms with E-state index in [1.54, 1.807) is 7.05 Å². The molecule has 0 radical (unpaired) electrons. The second kappa shape index (κ2) is 5.84. The largest absolute Gasteiger partial charge is 0.341 e. The first-order valence-corrected chi connectivity index (χ1v) is 5.31. The molecule has 0 aromatic carbocycles. The molecule has 0 bridgehead atoms. The van der Waals surface area contributed by atoms with Gasteiger partial charge < -0.3 is 10.2 Å². The average molecular weight is 184 g/mol. The van der Waals surface area contributed by atoms with Crippen LogP contribution in [-0.2, 0) is 0 Å². The summed E-state index contributed by atoms with van der Waals surface area (Å²) in [7, 11) is 1.70. The van der Waals surface area contributed by atoms with Crippen molar-refractivity contribution < 1.29 is 4.79 Å². The van der Waals surface area contributed by atoms with E-state index in [1.165, 1.54) is 25.7 Å². The molecule has 0 aliphatic carbocycles. The summed E-state index contributed by atoms with van der Waals surface area (Å²) in [5.74, 6) is 0. The average Bonchev–Trinajstić information content (AvgIpc) is 2.29. The minimum absolute atomic E-state index is 0.0851. The summed E-state index contributed by atoms with van der Waals surface area (Å²) in [5.41, 5.74) is 0. The third kappa shape index (κ3) is 3.66. The smallest absolute Gasteiger partial charge is 0.317 e. The van der Waals surface area contributed by atoms with E-state index in [4.69, 9.17) is 0 Å². The molecule has 2 amide bonds. The van der Waals surface area contributed by atoms with Crippen LogP contribution in [0.1, 0.15) is 38.5 Å². The number of carbonyl (C=O) groups is 1. The maximum absolute atomic E-state index is 11.4. The van der Waals surface area contributed by atoms with Crippen molar-refractivity contribution in [1.82, 2.24) is 10.2 Å². The van der Waals surface area contributed by atoms with Crippen LogP contribution in [0.4, 0.5) is 4.79 Å². The van der Waals surface area contributed by atoms with Crippen molar-refractivity contribution in [2.24, 2.45) is 0 Å². The van der Waals surface area contributed by atoms with E-state index >= 15 is 0 Å². The number of rotatable bonds is 0. The lowest BCUT2D eigenvalue weighted by Crippen LogP contribution is -2.39. The second-order valence-corrected chi connectivity index (χ2v) is 3.66. The number of hydrogen-bond acceptors (Lipinski definition) is 1. The van der Waals surface area contributed by atoms with Crippen molar-refractivity contribution in [3.05, 3.63) is 0 Å². The first-order valence-electron chi connectivity index (χ1n) is 5.31. The minimum Gasteiger partial charge on any atom is -0.341 e. The highest BCUT2D eigenvalue weighted by Gasteiger charge is 2.11. The quantitative estimate of drug-likeness (QED) is 0.613. The van der Waals surface area contributed by atoms with Crippen molar-refractivity contribution in [2.45, 2.75) is 38.5 Å². The van der Waals surface area contributed by atoms with Crippen LogP contribution in [0.2, 0.25) is 0 Å². The van der Waals surface area contributed by atoms with E-state index in [-0.39, 0.29) is 6.03 Å². The van der Waals surface area contributed by atoms with E-state index in [1.807, 2.05) is 4.90 Å². The fraction of sp³-hybridized carbons (Fsp3) is 0.900. The molecule has 3 heteroatoms. The first kappa shape index (κ1) is 10.4. The number of nitrogens with one attached hydrogen (secondary N) is 1. The Labute approximate surface area is 80.5 Å². The molecule has 1 heterocycles. The van der Waals surface area contributed by atoms with Crippen molar-refractivity contribution in [3.8, 4) is 0 Å². The van der Waals surface area contributed by atoms with Crippen LogP contribution in [0, 0.1) is 0 Å². The molecular weight excluding hydrogens is 164 g/mol. The van der Waals surface area contributed by atoms with Gasteiger partial charge in [0.1, 0.15) is 0 Å². The van der Waals surface area contributed by atoms with Gasteiger partial charge in [-0.05, 0) is 12.8 Å². The molecule has 1 aliphatic rings. The molecular formula is C10H20N2O. The fourth-order valence-electron chi connectivity index (χ4n) is 1.79. The molecule has 1 N–H and O–H groups in total. The van der Waals surface area contributed by atoms with Gasteiger partial charge in [-0.25, -0.2) is 4.79 Å². The van der Waals surface area contributed by atoms with Gasteiger partial charge in [0.15, 0.2) is 0 Å². The summed E-state index contributed by atoms with van der Waals surface area (Å²) in [5, 5.41) is 2.69. The maximum atomic E-state index is 11.4. The fourth-order valence-corrected chi connectivity index (χ4v) is 1.79. The molecule has 0 atom stereocenters. The van der Waals surface area contributed by atoms with Gasteiger partial charge in [-0.15, -0.1) is 0 Å². The lowest BCUT2D eigenvalue weighted by atomic mass is 10.1. The van der Waals surface area contributed by atoms with Crippen LogP contribution in [-0.4, -0.2) is 31.1 Å². The Kier molecular flexibility index (Phi) is 4.65. The number of hydrogen-bond donors (Lipinski definition) is 1. The van der Waals surface area contributed by atoms with Gasteiger partial charge in [0.25, 0.3) is 0 Å². The molecule has 0 unspecified atom stereocenters. The normalized spacial score (nSPS) is 19.9. The molecule has 0 saturated carbocycles. The maximum Gasteiger partial charge on any atom is 0.317 e. The summed E-state index contributed by atoms with van der Waals surface area (Å²) in [4.78, 5) is 13.3. The summed E-state index contributed by atoms with van der Waals surface area (Å²) < 4.78 is 0. The van der Waals surface area contributed by atoms with E-state index in [2.05, 4.69) is 5.32 Å². The van der Waals surface area contributed by atoms with E-state index in [0.29, 0.717) is 0 Å². The first-order chi connectivity index (χ1) is 6.34. The monoisotopic (exact) mass is 184 g/mol. The highest BCUT2D eigenvalue weighted by Crippen LogP contribution is 2.10. The Morgan fingerprint density at radius 2 is 1.46 bits per heavy atom. The molecule has 76 valence electrons. The van der Waals surface area contributed by atoms with Crippen molar-refractivity contribution in [3.63, 3.8) is 0 Å². The molecule has 0 spiro atoms. The number of carbonyl (C=O) groups excluding carboxylic acids is 1. The van der Waals surface area contributed by atoms with Gasteiger partial charge in [-0.3, -0.25) is 0 Å². The zero-order valence-electron chi connectivity index (χ0n) is 8.51. The zero-order valence-corrected chi connectivity index (χ0v) is 8.51. The Balaban J connectivity index is 2.36. The van der Waals surface area contributed by atoms with E-state index < -0.39 is 0 Å². The Morgan fingerprint density at radius 3 is 1.92 bits per heavy atom. The van der Waals surface area contributed by atoms with Gasteiger partial charge in [-0.1, -0.05) is 25.7 Å². The van der Waals surface area contributed by atoms with Crippen LogP contribution >= 0.6 is 0 Å². The zero-order chi connectivity index (χ0) is 9.52. The van der Waals surface area contributed by atoms with Crippen molar-refractivity contribution in [2.75, 3.05) is 20.1 Å². The van der Waals surface area contributed by atoms with Crippen LogP contribution in [0.25, 0.3) is 0 Å². The van der Waals surface area contributed by atoms with Crippen molar-refractivity contribution in [1.29, 1.82) is 0 Å². The Bertz CT molecular complexity index is 149. The molecule has 1 rings (SSSR count). The van der Waals surface area contributed by atoms with Gasteiger partial charge in [0.2, 0.25) is 0 Å². The van der Waals surface area contributed by atoms with Gasteiger partial charge >= 0.3 is 6.03 Å². The lowest BCUT2D eigenvalue weighted by molar-refractivity contribution is 0.199. The van der Waals surface area contributed by atoms with Gasteiger partial charge in [0, 0.05) is 20.1 Å². The molecule has 1 saturated heterocycles. The predicted octanol–water partition coefficient (Wildman–Crippen LogP) is 1.98. The second-order valence-electron chi connectivity index (χ2n) is 3.66. The number of nitrogens with zero attached hydrogens (tertiary/aromatic N) is 1. The van der Waals surface area contributed by atoms with E-state index in [9.17, 15) is 4.79 Å². The molecule has 0 aromatic heterocycles. The van der Waals surface area contributed by atoms with Crippen LogP contribution in [0.3, 0.4) is 0 Å². The lowest BCUT2D eigenvalue weighted by Gasteiger charge is -2.20. The van der Waals surface area contributed by atoms with Crippen molar-refractivity contribution >= 4 is 6.03 Å². The van der Waals surface area contributed by atoms with Crippen LogP contribution < -0.4 is 5.32 Å². The molecule has 1 fully saturated rings. The van der Waals surface area contributed by atoms with Gasteiger partial charge in [0.05, 0.1) is 0 Å². The third-order valence-electron chi connectivity index (χ3n) is 2.61. The highest BCUT2D eigenvalue weighted by molar-refractivity contribution is 5.73. The SMILES string of the molecule is CNC(=O)N1CCCCCCCC1. The summed E-state index contributed by atoms with van der Waals surface area (Å²) in [6.07, 6.45) is 7.53. The van der Waals surface area contributed by atoms with Crippen LogP contribution in [0.5, 0.6) is 0 Å². The topological polar surface area (TPSA) is 32.3 Å². The number of amides is 2.